The lowest BCUT2D eigenvalue weighted by Gasteiger charge is -2.17. The third-order valence-electron chi connectivity index (χ3n) is 3.80. The Morgan fingerprint density at radius 1 is 1.00 bits per heavy atom. The number of halogens is 1. The Morgan fingerprint density at radius 3 is 2.35 bits per heavy atom. The Kier molecular flexibility index (Phi) is 4.85. The quantitative estimate of drug-likeness (QED) is 0.742. The Hall–Kier alpha value is -3.00. The zero-order valence-corrected chi connectivity index (χ0v) is 15.0. The standard InChI is InChI=1S/C18H17FN4O2S/c1-13-12-14(19)8-9-16(13)26(24,25)22-17-10-11-18(21-20-17)23(2)15-6-4-3-5-7-15/h3-12H,1-2H3,(H,20,22). The van der Waals surface area contributed by atoms with Crippen LogP contribution in [0.5, 0.6) is 0 Å². The highest BCUT2D eigenvalue weighted by atomic mass is 32.2. The Bertz CT molecular complexity index is 1010. The molecule has 2 aromatic carbocycles. The van der Waals surface area contributed by atoms with E-state index in [1.54, 1.807) is 6.07 Å². The summed E-state index contributed by atoms with van der Waals surface area (Å²) in [6.07, 6.45) is 0. The molecule has 134 valence electrons. The predicted octanol–water partition coefficient (Wildman–Crippen LogP) is 3.49. The molecule has 1 heterocycles. The van der Waals surface area contributed by atoms with E-state index >= 15 is 0 Å². The molecule has 0 saturated carbocycles. The molecule has 0 radical (unpaired) electrons. The second kappa shape index (κ2) is 7.09. The Morgan fingerprint density at radius 2 is 1.73 bits per heavy atom. The summed E-state index contributed by atoms with van der Waals surface area (Å²) < 4.78 is 40.5. The smallest absolute Gasteiger partial charge is 0.263 e. The lowest BCUT2D eigenvalue weighted by atomic mass is 10.2. The fraction of sp³-hybridized carbons (Fsp3) is 0.111. The van der Waals surface area contributed by atoms with Crippen molar-refractivity contribution in [2.75, 3.05) is 16.7 Å². The van der Waals surface area contributed by atoms with Crippen LogP contribution in [0.2, 0.25) is 0 Å². The second-order valence-corrected chi connectivity index (χ2v) is 7.34. The predicted molar refractivity (Wildman–Crippen MR) is 98.5 cm³/mol. The average Bonchev–Trinajstić information content (AvgIpc) is 2.62. The number of rotatable bonds is 5. The zero-order chi connectivity index (χ0) is 18.7. The van der Waals surface area contributed by atoms with Gasteiger partial charge in [-0.1, -0.05) is 18.2 Å². The van der Waals surface area contributed by atoms with Crippen molar-refractivity contribution >= 4 is 27.3 Å². The first-order valence-electron chi connectivity index (χ1n) is 7.78. The van der Waals surface area contributed by atoms with E-state index in [2.05, 4.69) is 14.9 Å². The number of aromatic nitrogens is 2. The van der Waals surface area contributed by atoms with Gasteiger partial charge in [-0.2, -0.15) is 0 Å². The molecule has 0 unspecified atom stereocenters. The number of nitrogens with zero attached hydrogens (tertiary/aromatic N) is 3. The van der Waals surface area contributed by atoms with E-state index in [9.17, 15) is 12.8 Å². The van der Waals surface area contributed by atoms with Gasteiger partial charge in [0.05, 0.1) is 4.90 Å². The molecule has 1 aromatic heterocycles. The Labute approximate surface area is 151 Å². The van der Waals surface area contributed by atoms with Gasteiger partial charge in [0.25, 0.3) is 10.0 Å². The molecule has 3 aromatic rings. The molecule has 3 rings (SSSR count). The average molecular weight is 372 g/mol. The van der Waals surface area contributed by atoms with Gasteiger partial charge in [0.15, 0.2) is 11.6 Å². The molecule has 26 heavy (non-hydrogen) atoms. The van der Waals surface area contributed by atoms with E-state index in [0.29, 0.717) is 11.4 Å². The van der Waals surface area contributed by atoms with Crippen LogP contribution in [0.1, 0.15) is 5.56 Å². The second-order valence-electron chi connectivity index (χ2n) is 5.69. The van der Waals surface area contributed by atoms with Gasteiger partial charge < -0.3 is 4.90 Å². The van der Waals surface area contributed by atoms with Gasteiger partial charge in [-0.3, -0.25) is 4.72 Å². The minimum atomic E-state index is -3.88. The SMILES string of the molecule is Cc1cc(F)ccc1S(=O)(=O)Nc1ccc(N(C)c2ccccc2)nn1. The molecule has 0 atom stereocenters. The van der Waals surface area contributed by atoms with Crippen LogP contribution >= 0.6 is 0 Å². The van der Waals surface area contributed by atoms with Crippen LogP contribution in [-0.2, 0) is 10.0 Å². The number of sulfonamides is 1. The third kappa shape index (κ3) is 3.80. The summed E-state index contributed by atoms with van der Waals surface area (Å²) in [5, 5.41) is 7.99. The van der Waals surface area contributed by atoms with Crippen LogP contribution in [0, 0.1) is 12.7 Å². The summed E-state index contributed by atoms with van der Waals surface area (Å²) in [5.74, 6) is 0.158. The molecule has 0 aliphatic carbocycles. The van der Waals surface area contributed by atoms with Crippen molar-refractivity contribution in [2.45, 2.75) is 11.8 Å². The van der Waals surface area contributed by atoms with Gasteiger partial charge in [0, 0.05) is 12.7 Å². The third-order valence-corrected chi connectivity index (χ3v) is 5.32. The molecule has 6 nitrogen and oxygen atoms in total. The van der Waals surface area contributed by atoms with Crippen molar-refractivity contribution in [3.8, 4) is 0 Å². The number of hydrogen-bond donors (Lipinski definition) is 1. The number of hydrogen-bond acceptors (Lipinski definition) is 5. The number of aryl methyl sites for hydroxylation is 1. The van der Waals surface area contributed by atoms with Crippen LogP contribution in [0.15, 0.2) is 65.6 Å². The molecule has 0 fully saturated rings. The summed E-state index contributed by atoms with van der Waals surface area (Å²) in [5.41, 5.74) is 1.24. The van der Waals surface area contributed by atoms with Crippen LogP contribution in [0.25, 0.3) is 0 Å². The summed E-state index contributed by atoms with van der Waals surface area (Å²) in [4.78, 5) is 1.82. The van der Waals surface area contributed by atoms with E-state index in [1.807, 2.05) is 42.3 Å². The van der Waals surface area contributed by atoms with Gasteiger partial charge in [0.1, 0.15) is 5.82 Å². The van der Waals surface area contributed by atoms with Gasteiger partial charge in [-0.05, 0) is 55.0 Å². The maximum atomic E-state index is 13.2. The van der Waals surface area contributed by atoms with Gasteiger partial charge in [-0.15, -0.1) is 10.2 Å². The number of nitrogens with one attached hydrogen (secondary N) is 1. The molecule has 0 aliphatic heterocycles. The summed E-state index contributed by atoms with van der Waals surface area (Å²) in [6, 6.07) is 16.3. The van der Waals surface area contributed by atoms with Crippen molar-refractivity contribution in [3.63, 3.8) is 0 Å². The maximum Gasteiger partial charge on any atom is 0.263 e. The number of anilines is 3. The highest BCUT2D eigenvalue weighted by Crippen LogP contribution is 2.22. The minimum absolute atomic E-state index is 0.00817. The number of para-hydroxylation sites is 1. The monoisotopic (exact) mass is 372 g/mol. The fourth-order valence-corrected chi connectivity index (χ4v) is 3.67. The van der Waals surface area contributed by atoms with Crippen LogP contribution in [-0.4, -0.2) is 25.7 Å². The van der Waals surface area contributed by atoms with Crippen LogP contribution < -0.4 is 9.62 Å². The van der Waals surface area contributed by atoms with Crippen molar-refractivity contribution in [2.24, 2.45) is 0 Å². The first kappa shape index (κ1) is 17.8. The largest absolute Gasteiger partial charge is 0.328 e. The first-order chi connectivity index (χ1) is 12.4. The highest BCUT2D eigenvalue weighted by Gasteiger charge is 2.18. The van der Waals surface area contributed by atoms with Crippen LogP contribution in [0.3, 0.4) is 0 Å². The van der Waals surface area contributed by atoms with Crippen molar-refractivity contribution in [1.82, 2.24) is 10.2 Å². The summed E-state index contributed by atoms with van der Waals surface area (Å²) in [7, 11) is -2.04. The molecule has 0 saturated heterocycles. The molecule has 8 heteroatoms. The number of benzene rings is 2. The van der Waals surface area contributed by atoms with E-state index < -0.39 is 15.8 Å². The molecule has 1 N–H and O–H groups in total. The van der Waals surface area contributed by atoms with E-state index in [-0.39, 0.29) is 10.7 Å². The van der Waals surface area contributed by atoms with Gasteiger partial charge in [-0.25, -0.2) is 12.8 Å². The van der Waals surface area contributed by atoms with E-state index in [1.165, 1.54) is 19.1 Å². The van der Waals surface area contributed by atoms with Crippen molar-refractivity contribution < 1.29 is 12.8 Å². The van der Waals surface area contributed by atoms with E-state index in [0.717, 1.165) is 17.8 Å². The van der Waals surface area contributed by atoms with Crippen molar-refractivity contribution in [1.29, 1.82) is 0 Å². The zero-order valence-electron chi connectivity index (χ0n) is 14.2. The maximum absolute atomic E-state index is 13.2. The fourth-order valence-electron chi connectivity index (χ4n) is 2.45. The topological polar surface area (TPSA) is 75.2 Å². The lowest BCUT2D eigenvalue weighted by Crippen LogP contribution is -2.17. The van der Waals surface area contributed by atoms with Crippen molar-refractivity contribution in [3.05, 3.63) is 72.0 Å². The van der Waals surface area contributed by atoms with E-state index in [4.69, 9.17) is 0 Å². The van der Waals surface area contributed by atoms with Crippen LogP contribution in [0.4, 0.5) is 21.7 Å². The Balaban J connectivity index is 1.81. The first-order valence-corrected chi connectivity index (χ1v) is 9.26. The molecule has 0 bridgehead atoms. The molecular weight excluding hydrogens is 355 g/mol. The van der Waals surface area contributed by atoms with Gasteiger partial charge >= 0.3 is 0 Å². The highest BCUT2D eigenvalue weighted by molar-refractivity contribution is 7.92. The normalized spacial score (nSPS) is 11.2. The molecular formula is C18H17FN4O2S. The minimum Gasteiger partial charge on any atom is -0.328 e. The molecule has 0 aliphatic rings. The lowest BCUT2D eigenvalue weighted by molar-refractivity contribution is 0.598. The summed E-state index contributed by atoms with van der Waals surface area (Å²) >= 11 is 0. The molecule has 0 amide bonds. The summed E-state index contributed by atoms with van der Waals surface area (Å²) in [6.45, 7) is 1.53. The molecule has 0 spiro atoms. The van der Waals surface area contributed by atoms with Gasteiger partial charge in [0.2, 0.25) is 0 Å².